The minimum Gasteiger partial charge on any atom is -0.144 e. The van der Waals surface area contributed by atoms with Gasteiger partial charge < -0.3 is 0 Å². The van der Waals surface area contributed by atoms with Gasteiger partial charge >= 0.3 is 0 Å². The van der Waals surface area contributed by atoms with Crippen LogP contribution in [0.15, 0.2) is 17.5 Å². The van der Waals surface area contributed by atoms with Crippen molar-refractivity contribution >= 4 is 43.4 Å². The number of fused-ring (bicyclic) bond motifs is 1. The molecule has 82 valence electrons. The quantitative estimate of drug-likeness (QED) is 0.535. The molecule has 0 aromatic carbocycles. The van der Waals surface area contributed by atoms with Gasteiger partial charge in [-0.25, -0.2) is 0 Å². The van der Waals surface area contributed by atoms with Gasteiger partial charge in [0, 0.05) is 24.9 Å². The fourth-order valence-corrected chi connectivity index (χ4v) is 5.60. The van der Waals surface area contributed by atoms with Crippen LogP contribution in [-0.4, -0.2) is 0 Å². The van der Waals surface area contributed by atoms with Crippen LogP contribution in [0.25, 0.3) is 19.8 Å². The minimum absolute atomic E-state index is 1.41. The fourth-order valence-electron chi connectivity index (χ4n) is 1.96. The molecule has 0 saturated heterocycles. The third-order valence-corrected chi connectivity index (χ3v) is 6.40. The molecule has 0 saturated carbocycles. The van der Waals surface area contributed by atoms with Gasteiger partial charge in [0.05, 0.1) is 4.70 Å². The van der Waals surface area contributed by atoms with Gasteiger partial charge in [-0.05, 0) is 37.8 Å². The molecule has 0 N–H and O–H groups in total. The Balaban J connectivity index is 2.39. The number of rotatable bonds is 1. The first kappa shape index (κ1) is 10.5. The minimum atomic E-state index is 1.41. The predicted molar refractivity (Wildman–Crippen MR) is 77.2 cm³/mol. The van der Waals surface area contributed by atoms with Crippen molar-refractivity contribution < 1.29 is 0 Å². The Morgan fingerprint density at radius 2 is 1.69 bits per heavy atom. The van der Waals surface area contributed by atoms with Crippen LogP contribution in [-0.2, 0) is 0 Å². The topological polar surface area (TPSA) is 0 Å². The molecule has 3 rings (SSSR count). The molecule has 3 heterocycles. The van der Waals surface area contributed by atoms with Crippen LogP contribution in [0.4, 0.5) is 0 Å². The molecule has 0 nitrogen and oxygen atoms in total. The van der Waals surface area contributed by atoms with E-state index in [0.717, 1.165) is 0 Å². The molecule has 0 fully saturated rings. The highest BCUT2D eigenvalue weighted by molar-refractivity contribution is 7.29. The Bertz CT molecular complexity index is 638. The molecule has 16 heavy (non-hydrogen) atoms. The largest absolute Gasteiger partial charge is 0.144 e. The normalized spacial score (nSPS) is 11.4. The van der Waals surface area contributed by atoms with Gasteiger partial charge in [-0.3, -0.25) is 0 Å². The summed E-state index contributed by atoms with van der Waals surface area (Å²) in [5, 5.41) is 2.16. The van der Waals surface area contributed by atoms with Crippen molar-refractivity contribution in [3.05, 3.63) is 32.8 Å². The lowest BCUT2D eigenvalue weighted by Gasteiger charge is -1.94. The molecule has 3 aromatic rings. The maximum Gasteiger partial charge on any atom is 0.0545 e. The third kappa shape index (κ3) is 1.39. The van der Waals surface area contributed by atoms with E-state index in [1.807, 2.05) is 34.0 Å². The van der Waals surface area contributed by atoms with Crippen molar-refractivity contribution in [2.24, 2.45) is 0 Å². The van der Waals surface area contributed by atoms with Crippen LogP contribution in [0.2, 0.25) is 0 Å². The van der Waals surface area contributed by atoms with E-state index in [-0.39, 0.29) is 0 Å². The molecule has 0 bridgehead atoms. The second kappa shape index (κ2) is 3.69. The van der Waals surface area contributed by atoms with Crippen molar-refractivity contribution in [2.75, 3.05) is 0 Å². The molecule has 0 spiro atoms. The van der Waals surface area contributed by atoms with Gasteiger partial charge in [0.2, 0.25) is 0 Å². The van der Waals surface area contributed by atoms with E-state index in [2.05, 4.69) is 38.3 Å². The predicted octanol–water partition coefficient (Wildman–Crippen LogP) is 5.62. The molecule has 3 heteroatoms. The van der Waals surface area contributed by atoms with E-state index in [0.29, 0.717) is 0 Å². The maximum absolute atomic E-state index is 2.24. The highest BCUT2D eigenvalue weighted by Crippen LogP contribution is 2.46. The van der Waals surface area contributed by atoms with E-state index < -0.39 is 0 Å². The summed E-state index contributed by atoms with van der Waals surface area (Å²) in [5.41, 5.74) is 2.94. The van der Waals surface area contributed by atoms with Crippen molar-refractivity contribution in [1.29, 1.82) is 0 Å². The summed E-state index contributed by atoms with van der Waals surface area (Å²) in [5.74, 6) is 0. The Kier molecular flexibility index (Phi) is 2.42. The zero-order valence-electron chi connectivity index (χ0n) is 9.46. The Hall–Kier alpha value is -0.640. The van der Waals surface area contributed by atoms with E-state index in [4.69, 9.17) is 0 Å². The van der Waals surface area contributed by atoms with E-state index in [9.17, 15) is 0 Å². The first-order valence-electron chi connectivity index (χ1n) is 5.21. The smallest absolute Gasteiger partial charge is 0.0545 e. The molecule has 0 aliphatic heterocycles. The van der Waals surface area contributed by atoms with Gasteiger partial charge in [-0.15, -0.1) is 34.0 Å². The van der Waals surface area contributed by atoms with Crippen molar-refractivity contribution in [3.63, 3.8) is 0 Å². The summed E-state index contributed by atoms with van der Waals surface area (Å²) in [6.07, 6.45) is 0. The second-order valence-corrected chi connectivity index (χ2v) is 7.35. The highest BCUT2D eigenvalue weighted by atomic mass is 32.1. The van der Waals surface area contributed by atoms with Crippen LogP contribution in [0.3, 0.4) is 0 Å². The van der Waals surface area contributed by atoms with E-state index in [1.54, 1.807) is 0 Å². The third-order valence-electron chi connectivity index (χ3n) is 2.93. The summed E-state index contributed by atoms with van der Waals surface area (Å²) in [6, 6.07) is 4.36. The molecule has 0 atom stereocenters. The Labute approximate surface area is 107 Å². The van der Waals surface area contributed by atoms with E-state index >= 15 is 0 Å². The number of thiophene rings is 3. The highest BCUT2D eigenvalue weighted by Gasteiger charge is 2.16. The van der Waals surface area contributed by atoms with Crippen molar-refractivity contribution in [1.82, 2.24) is 0 Å². The molecule has 0 radical (unpaired) electrons. The van der Waals surface area contributed by atoms with Crippen molar-refractivity contribution in [2.45, 2.75) is 20.8 Å². The molecular formula is C13H12S3. The van der Waals surface area contributed by atoms with Crippen molar-refractivity contribution in [3.8, 4) is 10.4 Å². The van der Waals surface area contributed by atoms with E-state index in [1.165, 1.54) is 35.2 Å². The lowest BCUT2D eigenvalue weighted by molar-refractivity contribution is 1.48. The Morgan fingerprint density at radius 3 is 2.38 bits per heavy atom. The molecule has 0 aliphatic carbocycles. The Morgan fingerprint density at radius 1 is 0.938 bits per heavy atom. The average Bonchev–Trinajstić information content (AvgIpc) is 2.89. The molecule has 0 aliphatic rings. The van der Waals surface area contributed by atoms with Gasteiger partial charge in [0.15, 0.2) is 0 Å². The molecule has 0 unspecified atom stereocenters. The van der Waals surface area contributed by atoms with Crippen LogP contribution in [0.5, 0.6) is 0 Å². The summed E-state index contributed by atoms with van der Waals surface area (Å²) in [6.45, 7) is 6.70. The van der Waals surface area contributed by atoms with Crippen LogP contribution in [0, 0.1) is 20.8 Å². The SMILES string of the molecule is Cc1sc2c(-c3cccs3)c(C)sc2c1C. The number of hydrogen-bond acceptors (Lipinski definition) is 3. The second-order valence-electron chi connectivity index (χ2n) is 3.95. The van der Waals surface area contributed by atoms with Gasteiger partial charge in [-0.2, -0.15) is 0 Å². The lowest BCUT2D eigenvalue weighted by Crippen LogP contribution is -1.68. The summed E-state index contributed by atoms with van der Waals surface area (Å²) < 4.78 is 2.98. The summed E-state index contributed by atoms with van der Waals surface area (Å²) in [7, 11) is 0. The first-order valence-corrected chi connectivity index (χ1v) is 7.72. The van der Waals surface area contributed by atoms with Gasteiger partial charge in [0.25, 0.3) is 0 Å². The number of hydrogen-bond donors (Lipinski definition) is 0. The summed E-state index contributed by atoms with van der Waals surface area (Å²) in [4.78, 5) is 4.32. The lowest BCUT2D eigenvalue weighted by atomic mass is 10.2. The van der Waals surface area contributed by atoms with Crippen LogP contribution >= 0.6 is 34.0 Å². The zero-order chi connectivity index (χ0) is 11.3. The molecule has 3 aromatic heterocycles. The standard InChI is InChI=1S/C13H12S3/c1-7-8(2)15-13-11(9(3)16-12(7)13)10-5-4-6-14-10/h4-6H,1-3H3. The zero-order valence-corrected chi connectivity index (χ0v) is 11.9. The monoisotopic (exact) mass is 264 g/mol. The molecule has 0 amide bonds. The fraction of sp³-hybridized carbons (Fsp3) is 0.231. The van der Waals surface area contributed by atoms with Gasteiger partial charge in [-0.1, -0.05) is 6.07 Å². The summed E-state index contributed by atoms with van der Waals surface area (Å²) >= 11 is 5.72. The number of aryl methyl sites for hydroxylation is 3. The van der Waals surface area contributed by atoms with Gasteiger partial charge in [0.1, 0.15) is 0 Å². The van der Waals surface area contributed by atoms with Crippen LogP contribution in [0.1, 0.15) is 15.3 Å². The maximum atomic E-state index is 2.24. The van der Waals surface area contributed by atoms with Crippen LogP contribution < -0.4 is 0 Å². The molecular weight excluding hydrogens is 252 g/mol. The first-order chi connectivity index (χ1) is 7.68. The average molecular weight is 264 g/mol.